The number of benzene rings is 2. The molecule has 0 saturated heterocycles. The van der Waals surface area contributed by atoms with Gasteiger partial charge in [0.2, 0.25) is 11.1 Å². The van der Waals surface area contributed by atoms with E-state index in [1.54, 1.807) is 22.8 Å². The molecule has 144 valence electrons. The van der Waals surface area contributed by atoms with Crippen molar-refractivity contribution in [3.63, 3.8) is 0 Å². The second-order valence-corrected chi connectivity index (χ2v) is 6.91. The average Bonchev–Trinajstić information content (AvgIpc) is 3.19. The van der Waals surface area contributed by atoms with Gasteiger partial charge in [0.1, 0.15) is 11.4 Å². The van der Waals surface area contributed by atoms with E-state index >= 15 is 0 Å². The number of aromatic nitrogens is 4. The molecular weight excluding hydrogens is 374 g/mol. The van der Waals surface area contributed by atoms with Gasteiger partial charge in [-0.1, -0.05) is 42.1 Å². The van der Waals surface area contributed by atoms with Gasteiger partial charge < -0.3 is 9.64 Å². The van der Waals surface area contributed by atoms with Crippen molar-refractivity contribution in [1.82, 2.24) is 20.2 Å². The van der Waals surface area contributed by atoms with Crippen molar-refractivity contribution < 1.29 is 9.53 Å². The highest BCUT2D eigenvalue weighted by Gasteiger charge is 2.18. The fourth-order valence-corrected chi connectivity index (χ4v) is 3.44. The number of para-hydroxylation sites is 1. The molecular formula is C20H21N5O2S. The molecule has 1 aromatic heterocycles. The van der Waals surface area contributed by atoms with Crippen molar-refractivity contribution in [2.45, 2.75) is 12.1 Å². The van der Waals surface area contributed by atoms with E-state index in [1.807, 2.05) is 55.5 Å². The lowest BCUT2D eigenvalue weighted by atomic mass is 10.2. The molecule has 8 heteroatoms. The molecule has 2 aromatic carbocycles. The van der Waals surface area contributed by atoms with Crippen LogP contribution in [0.4, 0.5) is 5.69 Å². The number of carbonyl (C=O) groups excluding carboxylic acids is 1. The molecule has 1 heterocycles. The number of carbonyl (C=O) groups is 1. The predicted molar refractivity (Wildman–Crippen MR) is 110 cm³/mol. The largest absolute Gasteiger partial charge is 0.494 e. The molecule has 3 rings (SSSR count). The summed E-state index contributed by atoms with van der Waals surface area (Å²) in [6, 6.07) is 15.3. The highest BCUT2D eigenvalue weighted by atomic mass is 32.2. The van der Waals surface area contributed by atoms with Crippen molar-refractivity contribution in [1.29, 1.82) is 0 Å². The average molecular weight is 395 g/mol. The van der Waals surface area contributed by atoms with Crippen molar-refractivity contribution in [2.24, 2.45) is 0 Å². The maximum atomic E-state index is 12.8. The van der Waals surface area contributed by atoms with Crippen LogP contribution in [0.15, 0.2) is 66.3 Å². The fraction of sp³-hybridized carbons (Fsp3) is 0.200. The Hall–Kier alpha value is -3.13. The van der Waals surface area contributed by atoms with Crippen LogP contribution in [0.2, 0.25) is 0 Å². The smallest absolute Gasteiger partial charge is 0.237 e. The third kappa shape index (κ3) is 4.40. The molecule has 0 spiro atoms. The predicted octanol–water partition coefficient (Wildman–Crippen LogP) is 3.29. The van der Waals surface area contributed by atoms with Crippen LogP contribution in [0, 0.1) is 6.92 Å². The van der Waals surface area contributed by atoms with E-state index in [4.69, 9.17) is 4.74 Å². The molecule has 0 atom stereocenters. The van der Waals surface area contributed by atoms with Gasteiger partial charge in [-0.05, 0) is 47.2 Å². The van der Waals surface area contributed by atoms with Gasteiger partial charge in [0.05, 0.1) is 12.9 Å². The summed E-state index contributed by atoms with van der Waals surface area (Å²) in [5.74, 6) is 0.794. The number of hydrogen-bond acceptors (Lipinski definition) is 6. The molecule has 0 bridgehead atoms. The Morgan fingerprint density at radius 1 is 1.29 bits per heavy atom. The van der Waals surface area contributed by atoms with Gasteiger partial charge >= 0.3 is 0 Å². The van der Waals surface area contributed by atoms with E-state index < -0.39 is 0 Å². The van der Waals surface area contributed by atoms with Crippen LogP contribution in [0.3, 0.4) is 0 Å². The summed E-state index contributed by atoms with van der Waals surface area (Å²) < 4.78 is 7.01. The number of methoxy groups -OCH3 is 1. The summed E-state index contributed by atoms with van der Waals surface area (Å²) in [6.07, 6.45) is 1.71. The molecule has 7 nitrogen and oxygen atoms in total. The number of rotatable bonds is 8. The second kappa shape index (κ2) is 9.18. The first kappa shape index (κ1) is 19.6. The monoisotopic (exact) mass is 395 g/mol. The summed E-state index contributed by atoms with van der Waals surface area (Å²) >= 11 is 1.28. The molecule has 0 aliphatic carbocycles. The van der Waals surface area contributed by atoms with E-state index in [0.29, 0.717) is 17.5 Å². The number of thioether (sulfide) groups is 1. The topological polar surface area (TPSA) is 73.1 Å². The lowest BCUT2D eigenvalue weighted by molar-refractivity contribution is -0.116. The van der Waals surface area contributed by atoms with Crippen LogP contribution in [0.1, 0.15) is 5.56 Å². The number of nitrogens with zero attached hydrogens (tertiary/aromatic N) is 5. The lowest BCUT2D eigenvalue weighted by Crippen LogP contribution is -2.32. The van der Waals surface area contributed by atoms with Gasteiger partial charge in [-0.2, -0.15) is 4.68 Å². The molecule has 0 aliphatic heterocycles. The Bertz CT molecular complexity index is 958. The Kier molecular flexibility index (Phi) is 6.44. The maximum absolute atomic E-state index is 12.8. The van der Waals surface area contributed by atoms with Crippen molar-refractivity contribution >= 4 is 23.4 Å². The summed E-state index contributed by atoms with van der Waals surface area (Å²) in [5, 5.41) is 12.4. The van der Waals surface area contributed by atoms with Gasteiger partial charge in [0.15, 0.2) is 0 Å². The third-order valence-electron chi connectivity index (χ3n) is 4.01. The number of anilines is 1. The van der Waals surface area contributed by atoms with Gasteiger partial charge in [0.25, 0.3) is 0 Å². The van der Waals surface area contributed by atoms with E-state index in [-0.39, 0.29) is 11.7 Å². The standard InChI is InChI=1S/C20H21N5O2S/c1-4-12-24(16-8-6-5-7-9-16)19(26)14-28-20-21-22-23-25(20)17-13-15(2)10-11-18(17)27-3/h4-11,13H,1,12,14H2,2-3H3. The minimum absolute atomic E-state index is 0.0538. The number of aryl methyl sites for hydroxylation is 1. The fourth-order valence-electron chi connectivity index (χ4n) is 2.68. The number of tetrazole rings is 1. The summed E-state index contributed by atoms with van der Waals surface area (Å²) in [5.41, 5.74) is 2.61. The van der Waals surface area contributed by atoms with E-state index in [0.717, 1.165) is 16.9 Å². The van der Waals surface area contributed by atoms with Crippen LogP contribution in [-0.4, -0.2) is 45.5 Å². The highest BCUT2D eigenvalue weighted by Crippen LogP contribution is 2.27. The first-order valence-corrected chi connectivity index (χ1v) is 9.65. The summed E-state index contributed by atoms with van der Waals surface area (Å²) in [7, 11) is 1.60. The van der Waals surface area contributed by atoms with Crippen LogP contribution in [0.25, 0.3) is 5.69 Å². The molecule has 1 amide bonds. The van der Waals surface area contributed by atoms with Gasteiger partial charge in [0, 0.05) is 12.2 Å². The SMILES string of the molecule is C=CCN(C(=O)CSc1nnnn1-c1cc(C)ccc1OC)c1ccccc1. The van der Waals surface area contributed by atoms with E-state index in [9.17, 15) is 4.79 Å². The molecule has 0 aliphatic rings. The Morgan fingerprint density at radius 3 is 2.79 bits per heavy atom. The normalized spacial score (nSPS) is 10.5. The van der Waals surface area contributed by atoms with Crippen molar-refractivity contribution in [3.8, 4) is 11.4 Å². The Morgan fingerprint density at radius 2 is 2.07 bits per heavy atom. The molecule has 3 aromatic rings. The lowest BCUT2D eigenvalue weighted by Gasteiger charge is -2.21. The summed E-state index contributed by atoms with van der Waals surface area (Å²) in [4.78, 5) is 14.5. The minimum atomic E-state index is -0.0538. The zero-order valence-corrected chi connectivity index (χ0v) is 16.6. The molecule has 0 saturated carbocycles. The van der Waals surface area contributed by atoms with Gasteiger partial charge in [-0.25, -0.2) is 0 Å². The van der Waals surface area contributed by atoms with Crippen molar-refractivity contribution in [2.75, 3.05) is 24.3 Å². The maximum Gasteiger partial charge on any atom is 0.237 e. The molecule has 28 heavy (non-hydrogen) atoms. The quantitative estimate of drug-likeness (QED) is 0.430. The molecule has 0 radical (unpaired) electrons. The van der Waals surface area contributed by atoms with E-state index in [1.165, 1.54) is 11.8 Å². The second-order valence-electron chi connectivity index (χ2n) is 5.97. The van der Waals surface area contributed by atoms with Crippen LogP contribution in [0.5, 0.6) is 5.75 Å². The number of ether oxygens (including phenoxy) is 1. The third-order valence-corrected chi connectivity index (χ3v) is 4.91. The zero-order valence-electron chi connectivity index (χ0n) is 15.8. The van der Waals surface area contributed by atoms with Gasteiger partial charge in [-0.3, -0.25) is 4.79 Å². The molecule has 0 unspecified atom stereocenters. The first-order valence-electron chi connectivity index (χ1n) is 8.66. The molecule has 0 fully saturated rings. The van der Waals surface area contributed by atoms with Crippen LogP contribution >= 0.6 is 11.8 Å². The van der Waals surface area contributed by atoms with Crippen LogP contribution in [-0.2, 0) is 4.79 Å². The minimum Gasteiger partial charge on any atom is -0.494 e. The first-order chi connectivity index (χ1) is 13.6. The van der Waals surface area contributed by atoms with Crippen molar-refractivity contribution in [3.05, 3.63) is 66.7 Å². The molecule has 0 N–H and O–H groups in total. The Labute approximate surface area is 168 Å². The summed E-state index contributed by atoms with van der Waals surface area (Å²) in [6.45, 7) is 6.16. The van der Waals surface area contributed by atoms with Crippen LogP contribution < -0.4 is 9.64 Å². The number of amides is 1. The highest BCUT2D eigenvalue weighted by molar-refractivity contribution is 7.99. The number of hydrogen-bond donors (Lipinski definition) is 0. The zero-order chi connectivity index (χ0) is 19.9. The Balaban J connectivity index is 1.79. The van der Waals surface area contributed by atoms with Gasteiger partial charge in [-0.15, -0.1) is 11.7 Å². The van der Waals surface area contributed by atoms with E-state index in [2.05, 4.69) is 22.1 Å².